The van der Waals surface area contributed by atoms with Crippen LogP contribution in [0.1, 0.15) is 32.3 Å². The lowest BCUT2D eigenvalue weighted by Gasteiger charge is -2.30. The van der Waals surface area contributed by atoms with Crippen molar-refractivity contribution >= 4 is 15.8 Å². The Morgan fingerprint density at radius 2 is 2.00 bits per heavy atom. The molecule has 1 aliphatic heterocycles. The molecule has 152 valence electrons. The molecule has 6 nitrogen and oxygen atoms in total. The number of nitrogens with one attached hydrogen (secondary N) is 2. The van der Waals surface area contributed by atoms with Gasteiger partial charge in [-0.1, -0.05) is 19.1 Å². The number of aliphatic imine (C=N–C) groups is 1. The minimum atomic E-state index is -3.13. The zero-order valence-electron chi connectivity index (χ0n) is 16.9. The molecule has 1 aromatic rings. The summed E-state index contributed by atoms with van der Waals surface area (Å²) in [6.07, 6.45) is 4.68. The van der Waals surface area contributed by atoms with Crippen LogP contribution in [-0.2, 0) is 16.3 Å². The summed E-state index contributed by atoms with van der Waals surface area (Å²) in [5.41, 5.74) is 1.10. The number of piperidine rings is 1. The molecule has 1 aliphatic rings. The molecule has 0 spiro atoms. The SMILES string of the molecule is CCNC(=NCCN1CCCC(C)C1)NCCc1ccc(S(C)(=O)=O)cc1. The predicted molar refractivity (Wildman–Crippen MR) is 112 cm³/mol. The van der Waals surface area contributed by atoms with Gasteiger partial charge in [-0.05, 0) is 56.3 Å². The summed E-state index contributed by atoms with van der Waals surface area (Å²) in [6, 6.07) is 7.09. The van der Waals surface area contributed by atoms with Crippen molar-refractivity contribution in [2.75, 3.05) is 45.5 Å². The molecule has 1 unspecified atom stereocenters. The third kappa shape index (κ3) is 7.89. The maximum Gasteiger partial charge on any atom is 0.191 e. The maximum atomic E-state index is 11.5. The molecule has 0 aromatic heterocycles. The zero-order valence-corrected chi connectivity index (χ0v) is 17.7. The van der Waals surface area contributed by atoms with Gasteiger partial charge in [-0.2, -0.15) is 0 Å². The molecule has 7 heteroatoms. The zero-order chi connectivity index (χ0) is 19.7. The molecule has 0 amide bonds. The fourth-order valence-corrected chi connectivity index (χ4v) is 3.99. The third-order valence-corrected chi connectivity index (χ3v) is 5.96. The van der Waals surface area contributed by atoms with E-state index in [-0.39, 0.29) is 0 Å². The van der Waals surface area contributed by atoms with Gasteiger partial charge in [0.25, 0.3) is 0 Å². The second-order valence-corrected chi connectivity index (χ2v) is 9.42. The molecule has 0 radical (unpaired) electrons. The van der Waals surface area contributed by atoms with Crippen molar-refractivity contribution in [3.8, 4) is 0 Å². The van der Waals surface area contributed by atoms with Crippen LogP contribution in [0.15, 0.2) is 34.2 Å². The lowest BCUT2D eigenvalue weighted by Crippen LogP contribution is -2.40. The Hall–Kier alpha value is -1.60. The van der Waals surface area contributed by atoms with Crippen molar-refractivity contribution < 1.29 is 8.42 Å². The molecule has 1 atom stereocenters. The summed E-state index contributed by atoms with van der Waals surface area (Å²) in [7, 11) is -3.13. The molecule has 2 rings (SSSR count). The summed E-state index contributed by atoms with van der Waals surface area (Å²) in [4.78, 5) is 7.55. The van der Waals surface area contributed by atoms with E-state index in [1.807, 2.05) is 12.1 Å². The normalized spacial score (nSPS) is 19.1. The van der Waals surface area contributed by atoms with Crippen LogP contribution < -0.4 is 10.6 Å². The van der Waals surface area contributed by atoms with Gasteiger partial charge in [-0.3, -0.25) is 4.99 Å². The molecule has 0 aliphatic carbocycles. The summed E-state index contributed by atoms with van der Waals surface area (Å²) in [6.45, 7) is 10.1. The first kappa shape index (κ1) is 21.7. The van der Waals surface area contributed by atoms with Gasteiger partial charge >= 0.3 is 0 Å². The molecule has 1 aromatic carbocycles. The van der Waals surface area contributed by atoms with Crippen molar-refractivity contribution in [2.45, 2.75) is 38.0 Å². The number of nitrogens with zero attached hydrogens (tertiary/aromatic N) is 2. The first-order valence-electron chi connectivity index (χ1n) is 9.92. The lowest BCUT2D eigenvalue weighted by molar-refractivity contribution is 0.189. The number of likely N-dealkylation sites (tertiary alicyclic amines) is 1. The van der Waals surface area contributed by atoms with E-state index in [0.717, 1.165) is 50.0 Å². The van der Waals surface area contributed by atoms with Crippen molar-refractivity contribution in [1.29, 1.82) is 0 Å². The minimum absolute atomic E-state index is 0.362. The van der Waals surface area contributed by atoms with Gasteiger partial charge in [0.05, 0.1) is 11.4 Å². The quantitative estimate of drug-likeness (QED) is 0.521. The van der Waals surface area contributed by atoms with Gasteiger partial charge in [0, 0.05) is 32.4 Å². The maximum absolute atomic E-state index is 11.5. The molecular formula is C20H34N4O2S. The van der Waals surface area contributed by atoms with Crippen molar-refractivity contribution in [3.63, 3.8) is 0 Å². The van der Waals surface area contributed by atoms with E-state index in [0.29, 0.717) is 4.90 Å². The Labute approximate surface area is 164 Å². The average Bonchev–Trinajstić information content (AvgIpc) is 2.61. The Balaban J connectivity index is 1.77. The second kappa shape index (κ2) is 10.7. The lowest BCUT2D eigenvalue weighted by atomic mass is 10.0. The van der Waals surface area contributed by atoms with Gasteiger partial charge in [0.1, 0.15) is 0 Å². The monoisotopic (exact) mass is 394 g/mol. The summed E-state index contributed by atoms with van der Waals surface area (Å²) >= 11 is 0. The molecule has 1 heterocycles. The van der Waals surface area contributed by atoms with Crippen molar-refractivity contribution in [3.05, 3.63) is 29.8 Å². The van der Waals surface area contributed by atoms with E-state index in [9.17, 15) is 8.42 Å². The van der Waals surface area contributed by atoms with Crippen LogP contribution in [0.2, 0.25) is 0 Å². The number of sulfone groups is 1. The fourth-order valence-electron chi connectivity index (χ4n) is 3.36. The highest BCUT2D eigenvalue weighted by molar-refractivity contribution is 7.90. The first-order chi connectivity index (χ1) is 12.9. The summed E-state index contributed by atoms with van der Waals surface area (Å²) < 4.78 is 23.0. The molecule has 2 N–H and O–H groups in total. The molecule has 0 bridgehead atoms. The summed E-state index contributed by atoms with van der Waals surface area (Å²) in [5, 5.41) is 6.65. The highest BCUT2D eigenvalue weighted by atomic mass is 32.2. The molecule has 1 saturated heterocycles. The standard InChI is InChI=1S/C20H34N4O2S/c1-4-21-20(23-13-15-24-14-5-6-17(2)16-24)22-12-11-18-7-9-19(10-8-18)27(3,25)26/h7-10,17H,4-6,11-16H2,1-3H3,(H2,21,22,23). The Morgan fingerprint density at radius 3 is 2.63 bits per heavy atom. The van der Waals surface area contributed by atoms with Gasteiger partial charge in [0.2, 0.25) is 0 Å². The van der Waals surface area contributed by atoms with Crippen LogP contribution >= 0.6 is 0 Å². The Kier molecular flexibility index (Phi) is 8.57. The summed E-state index contributed by atoms with van der Waals surface area (Å²) in [5.74, 6) is 1.64. The van der Waals surface area contributed by atoms with Crippen LogP contribution in [0.5, 0.6) is 0 Å². The fraction of sp³-hybridized carbons (Fsp3) is 0.650. The highest BCUT2D eigenvalue weighted by Crippen LogP contribution is 2.14. The van der Waals surface area contributed by atoms with Crippen molar-refractivity contribution in [1.82, 2.24) is 15.5 Å². The average molecular weight is 395 g/mol. The van der Waals surface area contributed by atoms with E-state index in [4.69, 9.17) is 0 Å². The second-order valence-electron chi connectivity index (χ2n) is 7.40. The smallest absolute Gasteiger partial charge is 0.191 e. The largest absolute Gasteiger partial charge is 0.357 e. The van der Waals surface area contributed by atoms with Gasteiger partial charge in [-0.15, -0.1) is 0 Å². The topological polar surface area (TPSA) is 73.8 Å². The third-order valence-electron chi connectivity index (χ3n) is 4.83. The number of hydrogen-bond acceptors (Lipinski definition) is 4. The van der Waals surface area contributed by atoms with E-state index < -0.39 is 9.84 Å². The predicted octanol–water partition coefficient (Wildman–Crippen LogP) is 1.92. The van der Waals surface area contributed by atoms with Gasteiger partial charge < -0.3 is 15.5 Å². The van der Waals surface area contributed by atoms with Gasteiger partial charge in [0.15, 0.2) is 15.8 Å². The van der Waals surface area contributed by atoms with Crippen LogP contribution in [0, 0.1) is 5.92 Å². The molecular weight excluding hydrogens is 360 g/mol. The number of rotatable bonds is 8. The van der Waals surface area contributed by atoms with Crippen molar-refractivity contribution in [2.24, 2.45) is 10.9 Å². The van der Waals surface area contributed by atoms with Gasteiger partial charge in [-0.25, -0.2) is 8.42 Å². The molecule has 27 heavy (non-hydrogen) atoms. The van der Waals surface area contributed by atoms with E-state index in [1.54, 1.807) is 12.1 Å². The first-order valence-corrected chi connectivity index (χ1v) is 11.8. The minimum Gasteiger partial charge on any atom is -0.357 e. The number of hydrogen-bond donors (Lipinski definition) is 2. The van der Waals surface area contributed by atoms with Crippen LogP contribution in [-0.4, -0.2) is 64.8 Å². The van der Waals surface area contributed by atoms with Crippen LogP contribution in [0.25, 0.3) is 0 Å². The van der Waals surface area contributed by atoms with Crippen LogP contribution in [0.4, 0.5) is 0 Å². The number of benzene rings is 1. The number of guanidine groups is 1. The Bertz CT molecular complexity index is 701. The van der Waals surface area contributed by atoms with Crippen LogP contribution in [0.3, 0.4) is 0 Å². The molecule has 0 saturated carbocycles. The van der Waals surface area contributed by atoms with E-state index in [2.05, 4.69) is 34.4 Å². The molecule has 1 fully saturated rings. The van der Waals surface area contributed by atoms with E-state index in [1.165, 1.54) is 32.2 Å². The Morgan fingerprint density at radius 1 is 1.26 bits per heavy atom. The van der Waals surface area contributed by atoms with E-state index >= 15 is 0 Å². The highest BCUT2D eigenvalue weighted by Gasteiger charge is 2.15.